The van der Waals surface area contributed by atoms with Crippen molar-refractivity contribution in [3.8, 4) is 11.4 Å². The van der Waals surface area contributed by atoms with Crippen molar-refractivity contribution in [3.63, 3.8) is 0 Å². The molecule has 0 aliphatic carbocycles. The Hall–Kier alpha value is -3.19. The number of carbonyl (C=O) groups is 1. The van der Waals surface area contributed by atoms with Crippen molar-refractivity contribution < 1.29 is 19.4 Å². The summed E-state index contributed by atoms with van der Waals surface area (Å²) in [5.74, 6) is -0.346. The number of aryl methyl sites for hydroxylation is 1. The van der Waals surface area contributed by atoms with Gasteiger partial charge in [0.05, 0.1) is 13.2 Å². The summed E-state index contributed by atoms with van der Waals surface area (Å²) in [6.45, 7) is 6.11. The number of phenols is 1. The van der Waals surface area contributed by atoms with E-state index in [-0.39, 0.29) is 19.0 Å². The van der Waals surface area contributed by atoms with Crippen molar-refractivity contribution in [2.45, 2.75) is 13.3 Å². The van der Waals surface area contributed by atoms with Gasteiger partial charge in [-0.25, -0.2) is 4.79 Å². The van der Waals surface area contributed by atoms with Crippen LogP contribution in [0.15, 0.2) is 49.1 Å². The fraction of sp³-hybridized carbons (Fsp3) is 0.250. The maximum Gasteiger partial charge on any atom is 0.330 e. The van der Waals surface area contributed by atoms with Gasteiger partial charge in [-0.15, -0.1) is 15.0 Å². The van der Waals surface area contributed by atoms with E-state index in [2.05, 4.69) is 16.8 Å². The molecule has 0 saturated heterocycles. The number of aromatic hydroxyl groups is 1. The average Bonchev–Trinajstić information content (AvgIpc) is 3.10. The van der Waals surface area contributed by atoms with Crippen LogP contribution in [0.3, 0.4) is 0 Å². The first-order valence-corrected chi connectivity index (χ1v) is 8.60. The maximum absolute atomic E-state index is 10.9. The Morgan fingerprint density at radius 2 is 1.89 bits per heavy atom. The number of fused-ring (bicyclic) bond motifs is 1. The van der Waals surface area contributed by atoms with Crippen LogP contribution in [0.5, 0.6) is 5.75 Å². The van der Waals surface area contributed by atoms with Crippen LogP contribution in [-0.4, -0.2) is 45.9 Å². The van der Waals surface area contributed by atoms with Crippen LogP contribution in [0, 0.1) is 6.92 Å². The molecule has 3 rings (SSSR count). The summed E-state index contributed by atoms with van der Waals surface area (Å²) in [6, 6.07) is 11.3. The van der Waals surface area contributed by atoms with Crippen molar-refractivity contribution in [1.82, 2.24) is 15.0 Å². The minimum Gasteiger partial charge on any atom is -0.505 e. The molecule has 1 heterocycles. The summed E-state index contributed by atoms with van der Waals surface area (Å²) in [5.41, 5.74) is 3.78. The van der Waals surface area contributed by atoms with Crippen molar-refractivity contribution in [2.75, 3.05) is 19.8 Å². The number of phenolic OH excluding ortho intramolecular Hbond substituents is 1. The predicted octanol–water partition coefficient (Wildman–Crippen LogP) is 2.72. The number of benzene rings is 2. The molecule has 0 unspecified atom stereocenters. The highest BCUT2D eigenvalue weighted by molar-refractivity contribution is 5.81. The smallest absolute Gasteiger partial charge is 0.330 e. The number of aromatic nitrogens is 3. The van der Waals surface area contributed by atoms with E-state index in [1.54, 1.807) is 0 Å². The van der Waals surface area contributed by atoms with Crippen molar-refractivity contribution in [2.24, 2.45) is 0 Å². The molecule has 7 nitrogen and oxygen atoms in total. The summed E-state index contributed by atoms with van der Waals surface area (Å²) in [7, 11) is 0. The normalized spacial score (nSPS) is 10.9. The highest BCUT2D eigenvalue weighted by Gasteiger charge is 2.13. The van der Waals surface area contributed by atoms with E-state index in [0.29, 0.717) is 18.7 Å². The van der Waals surface area contributed by atoms with Gasteiger partial charge in [-0.1, -0.05) is 24.8 Å². The third-order valence-corrected chi connectivity index (χ3v) is 3.97. The molecule has 1 N–H and O–H groups in total. The number of rotatable bonds is 8. The molecule has 0 amide bonds. The average molecular weight is 367 g/mol. The lowest BCUT2D eigenvalue weighted by atomic mass is 10.1. The first kappa shape index (κ1) is 18.6. The van der Waals surface area contributed by atoms with Gasteiger partial charge in [0.2, 0.25) is 0 Å². The molecule has 0 bridgehead atoms. The Morgan fingerprint density at radius 1 is 1.19 bits per heavy atom. The lowest BCUT2D eigenvalue weighted by Gasteiger charge is -2.11. The second-order valence-electron chi connectivity index (χ2n) is 6.00. The number of nitrogens with zero attached hydrogens (tertiary/aromatic N) is 3. The molecule has 140 valence electrons. The lowest BCUT2D eigenvalue weighted by Crippen LogP contribution is -2.10. The van der Waals surface area contributed by atoms with Crippen LogP contribution in [0.25, 0.3) is 16.7 Å². The molecule has 0 fully saturated rings. The molecule has 27 heavy (non-hydrogen) atoms. The second-order valence-corrected chi connectivity index (χ2v) is 6.00. The fourth-order valence-electron chi connectivity index (χ4n) is 2.69. The zero-order valence-electron chi connectivity index (χ0n) is 15.1. The Morgan fingerprint density at radius 3 is 2.56 bits per heavy atom. The van der Waals surface area contributed by atoms with Gasteiger partial charge in [-0.05, 0) is 42.7 Å². The molecule has 0 saturated carbocycles. The SMILES string of the molecule is C=CC(=O)OCCOCCc1cc(C)cc(-n2nc3ccccc3n2)c1O. The summed E-state index contributed by atoms with van der Waals surface area (Å²) < 4.78 is 10.3. The largest absolute Gasteiger partial charge is 0.505 e. The lowest BCUT2D eigenvalue weighted by molar-refractivity contribution is -0.139. The quantitative estimate of drug-likeness (QED) is 0.374. The van der Waals surface area contributed by atoms with Gasteiger partial charge in [0.15, 0.2) is 0 Å². The zero-order chi connectivity index (χ0) is 19.2. The third kappa shape index (κ3) is 4.51. The van der Waals surface area contributed by atoms with E-state index in [0.717, 1.165) is 28.2 Å². The summed E-state index contributed by atoms with van der Waals surface area (Å²) in [4.78, 5) is 12.4. The Bertz CT molecular complexity index is 932. The van der Waals surface area contributed by atoms with E-state index in [1.807, 2.05) is 43.3 Å². The van der Waals surface area contributed by atoms with E-state index >= 15 is 0 Å². The summed E-state index contributed by atoms with van der Waals surface area (Å²) in [6.07, 6.45) is 1.62. The highest BCUT2D eigenvalue weighted by Crippen LogP contribution is 2.28. The zero-order valence-corrected chi connectivity index (χ0v) is 15.1. The van der Waals surface area contributed by atoms with Crippen LogP contribution >= 0.6 is 0 Å². The molecule has 0 aliphatic rings. The first-order valence-electron chi connectivity index (χ1n) is 8.60. The van der Waals surface area contributed by atoms with E-state index < -0.39 is 5.97 Å². The molecule has 2 aromatic carbocycles. The van der Waals surface area contributed by atoms with Gasteiger partial charge in [0.25, 0.3) is 0 Å². The first-order chi connectivity index (χ1) is 13.1. The molecule has 0 atom stereocenters. The predicted molar refractivity (Wildman–Crippen MR) is 101 cm³/mol. The van der Waals surface area contributed by atoms with Crippen LogP contribution in [0.2, 0.25) is 0 Å². The summed E-state index contributed by atoms with van der Waals surface area (Å²) >= 11 is 0. The molecule has 0 radical (unpaired) electrons. The molecular weight excluding hydrogens is 346 g/mol. The molecular formula is C20H21N3O4. The minimum atomic E-state index is -0.473. The molecule has 0 aliphatic heterocycles. The minimum absolute atomic E-state index is 0.127. The Kier molecular flexibility index (Phi) is 5.83. The fourth-order valence-corrected chi connectivity index (χ4v) is 2.69. The van der Waals surface area contributed by atoms with E-state index in [1.165, 1.54) is 4.80 Å². The van der Waals surface area contributed by atoms with E-state index in [9.17, 15) is 9.90 Å². The van der Waals surface area contributed by atoms with E-state index in [4.69, 9.17) is 9.47 Å². The molecule has 7 heteroatoms. The Balaban J connectivity index is 1.68. The summed E-state index contributed by atoms with van der Waals surface area (Å²) in [5, 5.41) is 19.5. The standard InChI is InChI=1S/C20H21N3O4/c1-3-19(24)27-11-10-26-9-8-15-12-14(2)13-18(20(15)25)23-21-16-6-4-5-7-17(16)22-23/h3-7,12-13,25H,1,8-11H2,2H3. The van der Waals surface area contributed by atoms with Gasteiger partial charge in [-0.3, -0.25) is 0 Å². The molecule has 0 spiro atoms. The molecule has 3 aromatic rings. The van der Waals surface area contributed by atoms with Gasteiger partial charge in [-0.2, -0.15) is 0 Å². The monoisotopic (exact) mass is 367 g/mol. The van der Waals surface area contributed by atoms with Crippen molar-refractivity contribution >= 4 is 17.0 Å². The van der Waals surface area contributed by atoms with Crippen molar-refractivity contribution in [3.05, 3.63) is 60.2 Å². The molecule has 1 aromatic heterocycles. The third-order valence-electron chi connectivity index (χ3n) is 3.97. The van der Waals surface area contributed by atoms with Crippen LogP contribution in [0.4, 0.5) is 0 Å². The van der Waals surface area contributed by atoms with Gasteiger partial charge >= 0.3 is 5.97 Å². The van der Waals surface area contributed by atoms with Gasteiger partial charge in [0.1, 0.15) is 29.1 Å². The van der Waals surface area contributed by atoms with Crippen molar-refractivity contribution in [1.29, 1.82) is 0 Å². The topological polar surface area (TPSA) is 86.5 Å². The van der Waals surface area contributed by atoms with Crippen LogP contribution in [-0.2, 0) is 20.7 Å². The van der Waals surface area contributed by atoms with Gasteiger partial charge < -0.3 is 14.6 Å². The van der Waals surface area contributed by atoms with Crippen LogP contribution in [0.1, 0.15) is 11.1 Å². The number of ether oxygens (including phenoxy) is 2. The second kappa shape index (κ2) is 8.46. The van der Waals surface area contributed by atoms with Gasteiger partial charge in [0, 0.05) is 6.08 Å². The highest BCUT2D eigenvalue weighted by atomic mass is 16.6. The Labute approximate surface area is 156 Å². The number of hydrogen-bond acceptors (Lipinski definition) is 6. The van der Waals surface area contributed by atoms with Crippen LogP contribution < -0.4 is 0 Å². The maximum atomic E-state index is 10.9. The number of hydrogen-bond donors (Lipinski definition) is 1. The number of carbonyl (C=O) groups excluding carboxylic acids is 1. The number of esters is 1.